The topological polar surface area (TPSA) is 123 Å². The third kappa shape index (κ3) is 2.93. The fourth-order valence-corrected chi connectivity index (χ4v) is 3.77. The van der Waals surface area contributed by atoms with Crippen molar-refractivity contribution in [3.05, 3.63) is 63.7 Å². The van der Waals surface area contributed by atoms with Crippen LogP contribution in [0, 0.1) is 18.3 Å². The number of nitrogens with one attached hydrogen (secondary N) is 1. The lowest BCUT2D eigenvalue weighted by Crippen LogP contribution is -2.13. The normalized spacial score (nSPS) is 10.9. The fraction of sp³-hybridized carbons (Fsp3) is 0.182. The second-order valence-corrected chi connectivity index (χ2v) is 6.92. The molecule has 150 valence electrons. The second kappa shape index (κ2) is 7.46. The van der Waals surface area contributed by atoms with Gasteiger partial charge < -0.3 is 10.5 Å². The average molecular weight is 400 g/mol. The van der Waals surface area contributed by atoms with Gasteiger partial charge in [-0.25, -0.2) is 5.10 Å². The molecular weight excluding hydrogens is 380 g/mol. The van der Waals surface area contributed by atoms with E-state index in [1.807, 2.05) is 38.2 Å². The fourth-order valence-electron chi connectivity index (χ4n) is 3.77. The van der Waals surface area contributed by atoms with Crippen LogP contribution >= 0.6 is 0 Å². The van der Waals surface area contributed by atoms with E-state index in [9.17, 15) is 10.1 Å². The van der Waals surface area contributed by atoms with Gasteiger partial charge in [-0.05, 0) is 36.8 Å². The average Bonchev–Trinajstić information content (AvgIpc) is 3.14. The molecule has 0 amide bonds. The SMILES string of the molecule is COc1ccc(-c2c(-c3ccc4c(=O)[nH]nc(CN)c4c3)cnn2C)c(C#N)c1C. The summed E-state index contributed by atoms with van der Waals surface area (Å²) in [5, 5.41) is 22.0. The molecule has 30 heavy (non-hydrogen) atoms. The molecule has 4 rings (SSSR count). The molecule has 0 aliphatic heterocycles. The van der Waals surface area contributed by atoms with Gasteiger partial charge in [-0.1, -0.05) is 6.07 Å². The van der Waals surface area contributed by atoms with Crippen LogP contribution in [0.25, 0.3) is 33.2 Å². The summed E-state index contributed by atoms with van der Waals surface area (Å²) in [6.07, 6.45) is 1.75. The molecule has 0 unspecified atom stereocenters. The van der Waals surface area contributed by atoms with Crippen LogP contribution in [0.1, 0.15) is 16.8 Å². The Kier molecular flexibility index (Phi) is 4.82. The molecule has 8 heteroatoms. The Morgan fingerprint density at radius 2 is 2.03 bits per heavy atom. The van der Waals surface area contributed by atoms with Crippen molar-refractivity contribution in [3.63, 3.8) is 0 Å². The van der Waals surface area contributed by atoms with E-state index >= 15 is 0 Å². The lowest BCUT2D eigenvalue weighted by atomic mass is 9.94. The molecule has 2 aromatic heterocycles. The summed E-state index contributed by atoms with van der Waals surface area (Å²) >= 11 is 0. The number of ether oxygens (including phenoxy) is 1. The zero-order chi connectivity index (χ0) is 21.4. The molecule has 2 heterocycles. The number of nitriles is 1. The highest BCUT2D eigenvalue weighted by Gasteiger charge is 2.20. The Bertz CT molecular complexity index is 1380. The van der Waals surface area contributed by atoms with E-state index in [1.165, 1.54) is 0 Å². The molecule has 3 N–H and O–H groups in total. The first-order valence-electron chi connectivity index (χ1n) is 9.32. The van der Waals surface area contributed by atoms with Gasteiger partial charge >= 0.3 is 0 Å². The van der Waals surface area contributed by atoms with E-state index < -0.39 is 0 Å². The summed E-state index contributed by atoms with van der Waals surface area (Å²) in [6.45, 7) is 2.06. The van der Waals surface area contributed by atoms with Crippen LogP contribution in [0.5, 0.6) is 5.75 Å². The Hall–Kier alpha value is -3.96. The highest BCUT2D eigenvalue weighted by Crippen LogP contribution is 2.37. The molecule has 4 aromatic rings. The summed E-state index contributed by atoms with van der Waals surface area (Å²) in [7, 11) is 3.41. The largest absolute Gasteiger partial charge is 0.496 e. The van der Waals surface area contributed by atoms with Gasteiger partial charge in [0.25, 0.3) is 5.56 Å². The number of hydrogen-bond acceptors (Lipinski definition) is 6. The maximum Gasteiger partial charge on any atom is 0.272 e. The summed E-state index contributed by atoms with van der Waals surface area (Å²) in [4.78, 5) is 12.1. The van der Waals surface area contributed by atoms with Crippen molar-refractivity contribution in [2.75, 3.05) is 7.11 Å². The van der Waals surface area contributed by atoms with Crippen LogP contribution in [-0.2, 0) is 13.6 Å². The van der Waals surface area contributed by atoms with Gasteiger partial charge in [-0.15, -0.1) is 0 Å². The zero-order valence-corrected chi connectivity index (χ0v) is 16.9. The number of fused-ring (bicyclic) bond motifs is 1. The lowest BCUT2D eigenvalue weighted by molar-refractivity contribution is 0.411. The Labute approximate surface area is 172 Å². The monoisotopic (exact) mass is 400 g/mol. The van der Waals surface area contributed by atoms with E-state index in [0.717, 1.165) is 27.9 Å². The van der Waals surface area contributed by atoms with E-state index in [2.05, 4.69) is 21.4 Å². The van der Waals surface area contributed by atoms with Crippen LogP contribution in [0.15, 0.2) is 41.3 Å². The number of H-pyrrole nitrogens is 1. The second-order valence-electron chi connectivity index (χ2n) is 6.92. The van der Waals surface area contributed by atoms with E-state index in [-0.39, 0.29) is 12.1 Å². The number of nitrogens with zero attached hydrogens (tertiary/aromatic N) is 4. The van der Waals surface area contributed by atoms with Crippen LogP contribution in [0.2, 0.25) is 0 Å². The van der Waals surface area contributed by atoms with E-state index in [4.69, 9.17) is 10.5 Å². The quantitative estimate of drug-likeness (QED) is 0.543. The molecule has 2 aromatic carbocycles. The van der Waals surface area contributed by atoms with E-state index in [1.54, 1.807) is 24.1 Å². The predicted octanol–water partition coefficient (Wildman–Crippen LogP) is 2.64. The maximum absolute atomic E-state index is 12.1. The molecule has 0 bridgehead atoms. The number of nitrogens with two attached hydrogens (primary N) is 1. The molecule has 0 aliphatic carbocycles. The van der Waals surface area contributed by atoms with Gasteiger partial charge in [0.2, 0.25) is 0 Å². The van der Waals surface area contributed by atoms with Crippen LogP contribution in [-0.4, -0.2) is 27.1 Å². The molecule has 0 radical (unpaired) electrons. The number of methoxy groups -OCH3 is 1. The van der Waals surface area contributed by atoms with Crippen molar-refractivity contribution < 1.29 is 4.74 Å². The first kappa shape index (κ1) is 19.4. The third-order valence-corrected chi connectivity index (χ3v) is 5.31. The third-order valence-electron chi connectivity index (χ3n) is 5.31. The van der Waals surface area contributed by atoms with Crippen molar-refractivity contribution >= 4 is 10.8 Å². The number of benzene rings is 2. The van der Waals surface area contributed by atoms with Crippen molar-refractivity contribution in [1.29, 1.82) is 5.26 Å². The number of aromatic amines is 1. The smallest absolute Gasteiger partial charge is 0.272 e. The zero-order valence-electron chi connectivity index (χ0n) is 16.9. The van der Waals surface area contributed by atoms with Crippen LogP contribution < -0.4 is 16.0 Å². The standard InChI is InChI=1S/C22H20N6O2/c1-12-17(9-23)14(6-7-20(12)30-3)21-18(11-25-28(21)2)13-4-5-15-16(8-13)19(10-24)26-27-22(15)29/h4-8,11H,10,24H2,1-3H3,(H,27,29). The van der Waals surface area contributed by atoms with Crippen LogP contribution in [0.4, 0.5) is 0 Å². The Balaban J connectivity index is 1.98. The maximum atomic E-state index is 12.1. The summed E-state index contributed by atoms with van der Waals surface area (Å²) in [6, 6.07) is 11.5. The molecule has 0 spiro atoms. The summed E-state index contributed by atoms with van der Waals surface area (Å²) < 4.78 is 7.10. The van der Waals surface area contributed by atoms with Crippen molar-refractivity contribution in [1.82, 2.24) is 20.0 Å². The summed E-state index contributed by atoms with van der Waals surface area (Å²) in [5.41, 5.74) is 10.7. The number of aryl methyl sites for hydroxylation is 1. The van der Waals surface area contributed by atoms with Crippen molar-refractivity contribution in [2.24, 2.45) is 12.8 Å². The minimum absolute atomic E-state index is 0.201. The Morgan fingerprint density at radius 3 is 2.73 bits per heavy atom. The Morgan fingerprint density at radius 1 is 1.23 bits per heavy atom. The molecule has 0 saturated heterocycles. The molecule has 0 aliphatic rings. The predicted molar refractivity (Wildman–Crippen MR) is 114 cm³/mol. The first-order valence-corrected chi connectivity index (χ1v) is 9.32. The van der Waals surface area contributed by atoms with Crippen LogP contribution in [0.3, 0.4) is 0 Å². The van der Waals surface area contributed by atoms with Gasteiger partial charge in [-0.2, -0.15) is 15.5 Å². The number of hydrogen-bond donors (Lipinski definition) is 2. The molecule has 0 fully saturated rings. The molecular formula is C22H20N6O2. The highest BCUT2D eigenvalue weighted by molar-refractivity contribution is 5.92. The number of aromatic nitrogens is 4. The van der Waals surface area contributed by atoms with Gasteiger partial charge in [0.05, 0.1) is 35.6 Å². The first-order chi connectivity index (χ1) is 14.5. The van der Waals surface area contributed by atoms with Gasteiger partial charge in [0, 0.05) is 35.7 Å². The lowest BCUT2D eigenvalue weighted by Gasteiger charge is -2.13. The van der Waals surface area contributed by atoms with Gasteiger partial charge in [0.15, 0.2) is 0 Å². The molecule has 0 saturated carbocycles. The minimum atomic E-state index is -0.266. The molecule has 0 atom stereocenters. The van der Waals surface area contributed by atoms with Crippen molar-refractivity contribution in [2.45, 2.75) is 13.5 Å². The van der Waals surface area contributed by atoms with Gasteiger partial charge in [-0.3, -0.25) is 9.48 Å². The van der Waals surface area contributed by atoms with E-state index in [0.29, 0.717) is 27.8 Å². The highest BCUT2D eigenvalue weighted by atomic mass is 16.5. The molecule has 8 nitrogen and oxygen atoms in total. The summed E-state index contributed by atoms with van der Waals surface area (Å²) in [5.74, 6) is 0.655. The van der Waals surface area contributed by atoms with Crippen molar-refractivity contribution in [3.8, 4) is 34.2 Å². The number of rotatable bonds is 4. The van der Waals surface area contributed by atoms with Gasteiger partial charge in [0.1, 0.15) is 11.8 Å². The minimum Gasteiger partial charge on any atom is -0.496 e.